The molecule has 27 heavy (non-hydrogen) atoms. The lowest BCUT2D eigenvalue weighted by Crippen LogP contribution is -2.28. The second kappa shape index (κ2) is 7.10. The Labute approximate surface area is 161 Å². The maximum Gasteiger partial charge on any atom is 0.337 e. The van der Waals surface area contributed by atoms with E-state index in [0.29, 0.717) is 0 Å². The van der Waals surface area contributed by atoms with Crippen LogP contribution in [0.4, 0.5) is 0 Å². The number of benzene rings is 2. The van der Waals surface area contributed by atoms with Gasteiger partial charge >= 0.3 is 5.97 Å². The van der Waals surface area contributed by atoms with Crippen LogP contribution in [0.5, 0.6) is 0 Å². The molecule has 0 spiro atoms. The van der Waals surface area contributed by atoms with E-state index in [4.69, 9.17) is 4.74 Å². The lowest BCUT2D eigenvalue weighted by Gasteiger charge is -2.30. The van der Waals surface area contributed by atoms with E-state index in [1.165, 1.54) is 16.7 Å². The molecule has 0 bridgehead atoms. The quantitative estimate of drug-likeness (QED) is 0.813. The van der Waals surface area contributed by atoms with Gasteiger partial charge in [0.15, 0.2) is 6.10 Å². The molecule has 1 aliphatic heterocycles. The Morgan fingerprint density at radius 1 is 1.04 bits per heavy atom. The van der Waals surface area contributed by atoms with E-state index in [1.54, 1.807) is 0 Å². The van der Waals surface area contributed by atoms with Crippen molar-refractivity contribution in [3.05, 3.63) is 57.6 Å². The summed E-state index contributed by atoms with van der Waals surface area (Å²) in [5.74, 6) is -0.952. The van der Waals surface area contributed by atoms with Crippen molar-refractivity contribution < 1.29 is 14.6 Å². The molecule has 0 aliphatic carbocycles. The molecular weight excluding hydrogens is 338 g/mol. The van der Waals surface area contributed by atoms with Gasteiger partial charge in [-0.2, -0.15) is 0 Å². The van der Waals surface area contributed by atoms with Crippen molar-refractivity contribution >= 4 is 5.97 Å². The summed E-state index contributed by atoms with van der Waals surface area (Å²) < 4.78 is 6.05. The van der Waals surface area contributed by atoms with E-state index in [-0.39, 0.29) is 0 Å². The van der Waals surface area contributed by atoms with Crippen molar-refractivity contribution in [2.45, 2.75) is 66.3 Å². The molecule has 0 amide bonds. The highest BCUT2D eigenvalue weighted by Crippen LogP contribution is 2.42. The minimum atomic E-state index is -1.01. The molecule has 0 radical (unpaired) electrons. The fourth-order valence-corrected chi connectivity index (χ4v) is 3.95. The van der Waals surface area contributed by atoms with Crippen LogP contribution in [-0.4, -0.2) is 16.7 Å². The molecule has 2 N–H and O–H groups in total. The van der Waals surface area contributed by atoms with Gasteiger partial charge in [-0.15, -0.1) is 0 Å². The third-order valence-electron chi connectivity index (χ3n) is 5.22. The first kappa shape index (κ1) is 19.6. The van der Waals surface area contributed by atoms with Crippen LogP contribution in [0.15, 0.2) is 24.3 Å². The number of aryl methyl sites for hydroxylation is 1. The molecule has 4 heteroatoms. The van der Waals surface area contributed by atoms with E-state index < -0.39 is 17.7 Å². The summed E-state index contributed by atoms with van der Waals surface area (Å²) in [6.07, 6.45) is -1.01. The molecule has 1 aliphatic rings. The molecule has 0 saturated heterocycles. The lowest BCUT2D eigenvalue weighted by atomic mass is 9.83. The topological polar surface area (TPSA) is 58.6 Å². The molecule has 3 rings (SSSR count). The van der Waals surface area contributed by atoms with Gasteiger partial charge in [0.05, 0.1) is 5.60 Å². The standard InChI is InChI=1S/C23H29NO3/c1-13-7-9-16(10-8-13)19-14(2)17-11-24-12-18(17)15(3)20(19)21(22(25)26)27-23(4,5)6/h7-10,21,24H,11-12H2,1-6H3,(H,25,26)/t21-/m0/s1. The van der Waals surface area contributed by atoms with Crippen molar-refractivity contribution in [1.82, 2.24) is 5.32 Å². The number of carboxylic acids is 1. The van der Waals surface area contributed by atoms with Crippen LogP contribution in [-0.2, 0) is 22.6 Å². The van der Waals surface area contributed by atoms with E-state index in [0.717, 1.165) is 40.9 Å². The average molecular weight is 367 g/mol. The van der Waals surface area contributed by atoms with E-state index in [1.807, 2.05) is 27.7 Å². The zero-order valence-corrected chi connectivity index (χ0v) is 17.1. The molecule has 4 nitrogen and oxygen atoms in total. The number of carboxylic acid groups (broad SMARTS) is 1. The highest BCUT2D eigenvalue weighted by Gasteiger charge is 2.34. The van der Waals surface area contributed by atoms with Gasteiger partial charge in [0.1, 0.15) is 0 Å². The molecule has 2 aromatic carbocycles. The Hall–Kier alpha value is -2.17. The summed E-state index contributed by atoms with van der Waals surface area (Å²) in [5, 5.41) is 13.4. The summed E-state index contributed by atoms with van der Waals surface area (Å²) in [6.45, 7) is 13.4. The second-order valence-corrected chi connectivity index (χ2v) is 8.41. The molecule has 0 fully saturated rings. The van der Waals surface area contributed by atoms with Gasteiger partial charge in [0.2, 0.25) is 0 Å². The lowest BCUT2D eigenvalue weighted by molar-refractivity contribution is -0.160. The third kappa shape index (κ3) is 3.78. The van der Waals surface area contributed by atoms with Gasteiger partial charge in [-0.3, -0.25) is 0 Å². The number of rotatable bonds is 4. The minimum Gasteiger partial charge on any atom is -0.479 e. The molecule has 1 heterocycles. The maximum atomic E-state index is 12.2. The fourth-order valence-electron chi connectivity index (χ4n) is 3.95. The smallest absolute Gasteiger partial charge is 0.337 e. The number of nitrogens with one attached hydrogen (secondary N) is 1. The van der Waals surface area contributed by atoms with Gasteiger partial charge in [-0.1, -0.05) is 29.8 Å². The maximum absolute atomic E-state index is 12.2. The van der Waals surface area contributed by atoms with E-state index >= 15 is 0 Å². The van der Waals surface area contributed by atoms with Gasteiger partial charge < -0.3 is 15.2 Å². The average Bonchev–Trinajstić information content (AvgIpc) is 3.06. The highest BCUT2D eigenvalue weighted by atomic mass is 16.5. The molecule has 0 saturated carbocycles. The molecule has 1 atom stereocenters. The fraction of sp³-hybridized carbons (Fsp3) is 0.435. The van der Waals surface area contributed by atoms with Crippen molar-refractivity contribution in [3.8, 4) is 11.1 Å². The number of carbonyl (C=O) groups is 1. The largest absolute Gasteiger partial charge is 0.479 e. The van der Waals surface area contributed by atoms with Gasteiger partial charge in [-0.05, 0) is 74.9 Å². The van der Waals surface area contributed by atoms with Gasteiger partial charge in [0.25, 0.3) is 0 Å². The SMILES string of the molecule is Cc1ccc(-c2c(C)c3c(c(C)c2[C@H](OC(C)(C)C)C(=O)O)CNC3)cc1. The van der Waals surface area contributed by atoms with Crippen LogP contribution >= 0.6 is 0 Å². The Morgan fingerprint density at radius 3 is 2.11 bits per heavy atom. The molecule has 0 unspecified atom stereocenters. The van der Waals surface area contributed by atoms with Crippen molar-refractivity contribution in [2.24, 2.45) is 0 Å². The Balaban J connectivity index is 2.32. The predicted octanol–water partition coefficient (Wildman–Crippen LogP) is 4.82. The molecule has 2 aromatic rings. The summed E-state index contributed by atoms with van der Waals surface area (Å²) in [5.41, 5.74) is 8.08. The van der Waals surface area contributed by atoms with Crippen LogP contribution in [0.2, 0.25) is 0 Å². The first-order chi connectivity index (χ1) is 12.6. The normalized spacial score (nSPS) is 14.9. The molecular formula is C23H29NO3. The van der Waals surface area contributed by atoms with Crippen LogP contribution in [0, 0.1) is 20.8 Å². The summed E-state index contributed by atoms with van der Waals surface area (Å²) in [6, 6.07) is 8.29. The second-order valence-electron chi connectivity index (χ2n) is 8.41. The van der Waals surface area contributed by atoms with E-state index in [9.17, 15) is 9.90 Å². The van der Waals surface area contributed by atoms with Crippen LogP contribution < -0.4 is 5.32 Å². The first-order valence-electron chi connectivity index (χ1n) is 9.43. The zero-order chi connectivity index (χ0) is 19.9. The highest BCUT2D eigenvalue weighted by molar-refractivity contribution is 5.84. The summed E-state index contributed by atoms with van der Waals surface area (Å²) >= 11 is 0. The van der Waals surface area contributed by atoms with Gasteiger partial charge in [-0.25, -0.2) is 4.79 Å². The Bertz CT molecular complexity index is 876. The van der Waals surface area contributed by atoms with Gasteiger partial charge in [0, 0.05) is 18.7 Å². The van der Waals surface area contributed by atoms with Crippen LogP contribution in [0.25, 0.3) is 11.1 Å². The number of aliphatic carboxylic acids is 1. The molecule has 0 aromatic heterocycles. The van der Waals surface area contributed by atoms with Crippen LogP contribution in [0.3, 0.4) is 0 Å². The third-order valence-corrected chi connectivity index (χ3v) is 5.22. The molecule has 144 valence electrons. The van der Waals surface area contributed by atoms with Crippen molar-refractivity contribution in [2.75, 3.05) is 0 Å². The number of fused-ring (bicyclic) bond motifs is 1. The van der Waals surface area contributed by atoms with Crippen molar-refractivity contribution in [1.29, 1.82) is 0 Å². The Kier molecular flexibility index (Phi) is 5.15. The Morgan fingerprint density at radius 2 is 1.59 bits per heavy atom. The monoisotopic (exact) mass is 367 g/mol. The summed E-state index contributed by atoms with van der Waals surface area (Å²) in [7, 11) is 0. The van der Waals surface area contributed by atoms with Crippen molar-refractivity contribution in [3.63, 3.8) is 0 Å². The first-order valence-corrected chi connectivity index (χ1v) is 9.43. The number of hydrogen-bond donors (Lipinski definition) is 2. The zero-order valence-electron chi connectivity index (χ0n) is 17.1. The summed E-state index contributed by atoms with van der Waals surface area (Å²) in [4.78, 5) is 12.2. The van der Waals surface area contributed by atoms with E-state index in [2.05, 4.69) is 43.4 Å². The minimum absolute atomic E-state index is 0.564. The number of ether oxygens (including phenoxy) is 1. The predicted molar refractivity (Wildman–Crippen MR) is 108 cm³/mol. The number of hydrogen-bond acceptors (Lipinski definition) is 3. The van der Waals surface area contributed by atoms with Crippen LogP contribution in [0.1, 0.15) is 60.3 Å².